The third-order valence-electron chi connectivity index (χ3n) is 5.65. The topological polar surface area (TPSA) is 76.5 Å². The summed E-state index contributed by atoms with van der Waals surface area (Å²) in [6.45, 7) is 2.24. The molecule has 0 unspecified atom stereocenters. The van der Waals surface area contributed by atoms with Crippen LogP contribution < -0.4 is 5.73 Å². The number of rotatable bonds is 5. The van der Waals surface area contributed by atoms with Gasteiger partial charge in [-0.1, -0.05) is 29.3 Å². The number of halogens is 2. The van der Waals surface area contributed by atoms with Gasteiger partial charge >= 0.3 is 0 Å². The van der Waals surface area contributed by atoms with Crippen molar-refractivity contribution in [1.82, 2.24) is 19.5 Å². The van der Waals surface area contributed by atoms with Crippen molar-refractivity contribution in [2.24, 2.45) is 11.7 Å². The minimum Gasteiger partial charge on any atom is -0.326 e. The number of aromatic nitrogens is 3. The highest BCUT2D eigenvalue weighted by molar-refractivity contribution is 6.36. The zero-order valence-corrected chi connectivity index (χ0v) is 17.7. The third-order valence-corrected chi connectivity index (χ3v) is 6.20. The highest BCUT2D eigenvalue weighted by Gasteiger charge is 2.25. The van der Waals surface area contributed by atoms with Crippen molar-refractivity contribution in [3.8, 4) is 11.1 Å². The molecule has 0 bridgehead atoms. The van der Waals surface area contributed by atoms with Crippen molar-refractivity contribution in [2.75, 3.05) is 20.1 Å². The minimum atomic E-state index is 0.0899. The summed E-state index contributed by atoms with van der Waals surface area (Å²) in [6, 6.07) is 7.28. The lowest BCUT2D eigenvalue weighted by Gasteiger charge is -2.27. The molecule has 0 amide bonds. The number of Topliss-reactive ketones (excluding diaryl/α,β-unsaturated/α-hetero) is 1. The largest absolute Gasteiger partial charge is 0.326 e. The fourth-order valence-corrected chi connectivity index (χ4v) is 4.40. The van der Waals surface area contributed by atoms with Gasteiger partial charge < -0.3 is 10.6 Å². The molecule has 29 heavy (non-hydrogen) atoms. The first-order chi connectivity index (χ1) is 14.0. The number of piperidine rings is 1. The molecule has 3 aromatic rings. The van der Waals surface area contributed by atoms with Gasteiger partial charge in [0.1, 0.15) is 11.6 Å². The van der Waals surface area contributed by atoms with Crippen LogP contribution in [-0.2, 0) is 17.8 Å². The number of fused-ring (bicyclic) bond motifs is 1. The lowest BCUT2D eigenvalue weighted by molar-refractivity contribution is -0.123. The summed E-state index contributed by atoms with van der Waals surface area (Å²) in [5, 5.41) is 9.65. The van der Waals surface area contributed by atoms with Crippen molar-refractivity contribution >= 4 is 34.6 Å². The maximum atomic E-state index is 12.8. The number of carbonyl (C=O) groups is 1. The van der Waals surface area contributed by atoms with Crippen LogP contribution in [0.1, 0.15) is 24.2 Å². The van der Waals surface area contributed by atoms with Crippen molar-refractivity contribution < 1.29 is 4.79 Å². The second kappa shape index (κ2) is 8.40. The van der Waals surface area contributed by atoms with E-state index in [-0.39, 0.29) is 18.1 Å². The molecule has 1 aromatic carbocycles. The average Bonchev–Trinajstić information content (AvgIpc) is 3.09. The van der Waals surface area contributed by atoms with E-state index in [0.29, 0.717) is 28.1 Å². The van der Waals surface area contributed by atoms with Gasteiger partial charge in [-0.2, -0.15) is 0 Å². The Morgan fingerprint density at radius 2 is 1.93 bits per heavy atom. The van der Waals surface area contributed by atoms with E-state index >= 15 is 0 Å². The number of nitrogens with zero attached hydrogens (tertiary/aromatic N) is 4. The van der Waals surface area contributed by atoms with Crippen molar-refractivity contribution in [3.05, 3.63) is 51.9 Å². The van der Waals surface area contributed by atoms with Crippen molar-refractivity contribution in [3.63, 3.8) is 0 Å². The van der Waals surface area contributed by atoms with Gasteiger partial charge in [-0.05, 0) is 56.7 Å². The van der Waals surface area contributed by atoms with Gasteiger partial charge in [-0.25, -0.2) is 0 Å². The van der Waals surface area contributed by atoms with Crippen LogP contribution in [-0.4, -0.2) is 45.4 Å². The summed E-state index contributed by atoms with van der Waals surface area (Å²) in [5.74, 6) is 0.951. The molecule has 1 aliphatic heterocycles. The molecule has 2 N–H and O–H groups in total. The molecule has 3 heterocycles. The zero-order valence-electron chi connectivity index (χ0n) is 16.2. The Bertz CT molecular complexity index is 1060. The monoisotopic (exact) mass is 431 g/mol. The van der Waals surface area contributed by atoms with Crippen LogP contribution in [0.3, 0.4) is 0 Å². The van der Waals surface area contributed by atoms with Gasteiger partial charge in [0.2, 0.25) is 0 Å². The van der Waals surface area contributed by atoms with E-state index < -0.39 is 0 Å². The molecule has 0 spiro atoms. The second-order valence-corrected chi connectivity index (χ2v) is 8.45. The van der Waals surface area contributed by atoms with Crippen LogP contribution in [0.5, 0.6) is 0 Å². The first-order valence-corrected chi connectivity index (χ1v) is 10.4. The third kappa shape index (κ3) is 4.16. The van der Waals surface area contributed by atoms with Crippen LogP contribution in [0.4, 0.5) is 0 Å². The number of hydrogen-bond donors (Lipinski definition) is 1. The fourth-order valence-electron chi connectivity index (χ4n) is 3.89. The molecular formula is C21H23Cl2N5O. The molecule has 1 fully saturated rings. The van der Waals surface area contributed by atoms with Crippen molar-refractivity contribution in [1.29, 1.82) is 0 Å². The van der Waals surface area contributed by atoms with E-state index in [1.807, 2.05) is 22.7 Å². The maximum Gasteiger partial charge on any atom is 0.161 e. The molecule has 0 radical (unpaired) electrons. The standard InChI is InChI=1S/C21H23Cl2N5O/c1-27-6-4-13(5-7-27)19(29)10-21-26-25-20-8-14(11-24)17(12-28(20)21)16-3-2-15(22)9-18(16)23/h2-3,8-9,12-13H,4-7,10-11,24H2,1H3. The summed E-state index contributed by atoms with van der Waals surface area (Å²) in [6.07, 6.45) is 3.99. The summed E-state index contributed by atoms with van der Waals surface area (Å²) >= 11 is 12.5. The molecule has 1 saturated heterocycles. The van der Waals surface area contributed by atoms with Crippen LogP contribution in [0.2, 0.25) is 10.0 Å². The Morgan fingerprint density at radius 3 is 2.62 bits per heavy atom. The molecular weight excluding hydrogens is 409 g/mol. The normalized spacial score (nSPS) is 15.9. The number of ketones is 1. The molecule has 0 saturated carbocycles. The van der Waals surface area contributed by atoms with Gasteiger partial charge in [0.15, 0.2) is 5.65 Å². The lowest BCUT2D eigenvalue weighted by atomic mass is 9.91. The Hall–Kier alpha value is -1.99. The summed E-state index contributed by atoms with van der Waals surface area (Å²) < 4.78 is 1.87. The Balaban J connectivity index is 1.69. The molecule has 2 aromatic heterocycles. The van der Waals surface area contributed by atoms with Crippen LogP contribution in [0.15, 0.2) is 30.5 Å². The predicted molar refractivity (Wildman–Crippen MR) is 115 cm³/mol. The minimum absolute atomic E-state index is 0.0899. The number of benzene rings is 1. The Morgan fingerprint density at radius 1 is 1.17 bits per heavy atom. The molecule has 152 valence electrons. The smallest absolute Gasteiger partial charge is 0.161 e. The highest BCUT2D eigenvalue weighted by Crippen LogP contribution is 2.33. The van der Waals surface area contributed by atoms with Crippen molar-refractivity contribution in [2.45, 2.75) is 25.8 Å². The Kier molecular flexibility index (Phi) is 5.88. The zero-order chi connectivity index (χ0) is 20.5. The average molecular weight is 432 g/mol. The van der Waals surface area contributed by atoms with E-state index in [4.69, 9.17) is 28.9 Å². The summed E-state index contributed by atoms with van der Waals surface area (Å²) in [7, 11) is 2.09. The maximum absolute atomic E-state index is 12.8. The fraction of sp³-hybridized carbons (Fsp3) is 0.381. The van der Waals surface area contributed by atoms with Crippen LogP contribution in [0.25, 0.3) is 16.8 Å². The van der Waals surface area contributed by atoms with Gasteiger partial charge in [-0.15, -0.1) is 10.2 Å². The van der Waals surface area contributed by atoms with Crippen LogP contribution >= 0.6 is 23.2 Å². The summed E-state index contributed by atoms with van der Waals surface area (Å²) in [5.41, 5.74) is 9.26. The quantitative estimate of drug-likeness (QED) is 0.667. The molecule has 4 rings (SSSR count). The van der Waals surface area contributed by atoms with E-state index in [9.17, 15) is 4.79 Å². The van der Waals surface area contributed by atoms with Gasteiger partial charge in [-0.3, -0.25) is 9.20 Å². The number of hydrogen-bond acceptors (Lipinski definition) is 5. The van der Waals surface area contributed by atoms with Crippen LogP contribution in [0, 0.1) is 5.92 Å². The number of nitrogens with two attached hydrogens (primary N) is 1. The van der Waals surface area contributed by atoms with E-state index in [1.165, 1.54) is 0 Å². The molecule has 0 aliphatic carbocycles. The van der Waals surface area contributed by atoms with E-state index in [2.05, 4.69) is 22.1 Å². The Labute approximate surface area is 179 Å². The molecule has 0 atom stereocenters. The van der Waals surface area contributed by atoms with E-state index in [1.54, 1.807) is 12.1 Å². The molecule has 8 heteroatoms. The number of likely N-dealkylation sites (tertiary alicyclic amines) is 1. The molecule has 1 aliphatic rings. The predicted octanol–water partition coefficient (Wildman–Crippen LogP) is 3.62. The highest BCUT2D eigenvalue weighted by atomic mass is 35.5. The lowest BCUT2D eigenvalue weighted by Crippen LogP contribution is -2.34. The summed E-state index contributed by atoms with van der Waals surface area (Å²) in [4.78, 5) is 15.1. The number of pyridine rings is 1. The second-order valence-electron chi connectivity index (χ2n) is 7.61. The SMILES string of the molecule is CN1CCC(C(=O)Cc2nnc3cc(CN)c(-c4ccc(Cl)cc4Cl)cn23)CC1. The van der Waals surface area contributed by atoms with Gasteiger partial charge in [0.05, 0.1) is 6.42 Å². The van der Waals surface area contributed by atoms with Gasteiger partial charge in [0, 0.05) is 39.8 Å². The van der Waals surface area contributed by atoms with Gasteiger partial charge in [0.25, 0.3) is 0 Å². The number of carbonyl (C=O) groups excluding carboxylic acids is 1. The van der Waals surface area contributed by atoms with E-state index in [0.717, 1.165) is 42.6 Å². The first kappa shape index (κ1) is 20.3. The molecule has 6 nitrogen and oxygen atoms in total. The first-order valence-electron chi connectivity index (χ1n) is 9.69.